The largest absolute Gasteiger partial charge is 0.354 e. The van der Waals surface area contributed by atoms with Crippen molar-refractivity contribution in [3.8, 4) is 5.69 Å². The molecule has 1 aromatic carbocycles. The molecule has 0 spiro atoms. The number of fused-ring (bicyclic) bond motifs is 1. The quantitative estimate of drug-likeness (QED) is 0.624. The maximum Gasteiger partial charge on any atom is 0.225 e. The molecule has 1 amide bonds. The second kappa shape index (κ2) is 9.04. The van der Waals surface area contributed by atoms with Crippen LogP contribution in [0.2, 0.25) is 0 Å². The van der Waals surface area contributed by atoms with E-state index in [9.17, 15) is 4.79 Å². The highest BCUT2D eigenvalue weighted by molar-refractivity contribution is 5.88. The van der Waals surface area contributed by atoms with Gasteiger partial charge in [0, 0.05) is 38.0 Å². The van der Waals surface area contributed by atoms with Crippen molar-refractivity contribution in [2.75, 3.05) is 31.1 Å². The molecule has 2 aromatic heterocycles. The van der Waals surface area contributed by atoms with Gasteiger partial charge in [0.1, 0.15) is 11.6 Å². The van der Waals surface area contributed by atoms with Gasteiger partial charge in [-0.05, 0) is 25.0 Å². The van der Waals surface area contributed by atoms with Crippen LogP contribution >= 0.6 is 0 Å². The number of benzene rings is 1. The summed E-state index contributed by atoms with van der Waals surface area (Å²) >= 11 is 0. The number of carbonyl (C=O) groups is 1. The molecule has 7 heteroatoms. The molecule has 4 rings (SSSR count). The fourth-order valence-electron chi connectivity index (χ4n) is 4.03. The lowest BCUT2D eigenvalue weighted by Gasteiger charge is -2.25. The van der Waals surface area contributed by atoms with Crippen molar-refractivity contribution in [3.63, 3.8) is 0 Å². The molecule has 164 valence electrons. The van der Waals surface area contributed by atoms with Crippen LogP contribution in [0.1, 0.15) is 52.3 Å². The molecular weight excluding hydrogens is 388 g/mol. The number of carbonyl (C=O) groups excluding carboxylic acids is 1. The zero-order valence-corrected chi connectivity index (χ0v) is 19.0. The van der Waals surface area contributed by atoms with Gasteiger partial charge in [-0.15, -0.1) is 0 Å². The molecule has 0 saturated carbocycles. The van der Waals surface area contributed by atoms with Gasteiger partial charge < -0.3 is 9.80 Å². The molecular formula is C24H32N6O. The number of nitrogens with zero attached hydrogens (tertiary/aromatic N) is 6. The second-order valence-electron chi connectivity index (χ2n) is 8.66. The standard InChI is InChI=1S/C24H32N6O/c1-5-18(4)21-26-22(28-12-9-13-29(15-14-28)24(31)17(2)3)20-16-25-30(23(20)27-21)19-10-7-6-8-11-19/h6-8,10-11,16-18H,5,9,12-15H2,1-4H3. The average Bonchev–Trinajstić information content (AvgIpc) is 3.07. The van der Waals surface area contributed by atoms with E-state index in [1.165, 1.54) is 0 Å². The first-order valence-electron chi connectivity index (χ1n) is 11.3. The number of hydrogen-bond donors (Lipinski definition) is 0. The molecule has 0 N–H and O–H groups in total. The van der Waals surface area contributed by atoms with Gasteiger partial charge in [-0.25, -0.2) is 14.6 Å². The van der Waals surface area contributed by atoms with Crippen molar-refractivity contribution in [3.05, 3.63) is 42.4 Å². The first-order chi connectivity index (χ1) is 15.0. The minimum absolute atomic E-state index is 0.0263. The van der Waals surface area contributed by atoms with Gasteiger partial charge in [0.25, 0.3) is 0 Å². The summed E-state index contributed by atoms with van der Waals surface area (Å²) in [7, 11) is 0. The Morgan fingerprint density at radius 1 is 1.03 bits per heavy atom. The predicted molar refractivity (Wildman–Crippen MR) is 124 cm³/mol. The summed E-state index contributed by atoms with van der Waals surface area (Å²) < 4.78 is 1.90. The Kier molecular flexibility index (Phi) is 6.20. The first kappa shape index (κ1) is 21.3. The number of para-hydroxylation sites is 1. The maximum atomic E-state index is 12.5. The van der Waals surface area contributed by atoms with Crippen LogP contribution in [0.25, 0.3) is 16.7 Å². The summed E-state index contributed by atoms with van der Waals surface area (Å²) in [5, 5.41) is 5.62. The summed E-state index contributed by atoms with van der Waals surface area (Å²) in [6.45, 7) is 11.4. The molecule has 0 aliphatic carbocycles. The molecule has 3 aromatic rings. The molecule has 0 radical (unpaired) electrons. The van der Waals surface area contributed by atoms with E-state index < -0.39 is 0 Å². The predicted octanol–water partition coefficient (Wildman–Crippen LogP) is 4.02. The van der Waals surface area contributed by atoms with E-state index in [1.54, 1.807) is 0 Å². The summed E-state index contributed by atoms with van der Waals surface area (Å²) in [5.74, 6) is 2.29. The van der Waals surface area contributed by atoms with E-state index in [4.69, 9.17) is 9.97 Å². The molecule has 1 saturated heterocycles. The zero-order valence-electron chi connectivity index (χ0n) is 19.0. The highest BCUT2D eigenvalue weighted by Crippen LogP contribution is 2.29. The molecule has 0 bridgehead atoms. The number of aromatic nitrogens is 4. The Labute approximate surface area is 184 Å². The lowest BCUT2D eigenvalue weighted by molar-refractivity contribution is -0.134. The highest BCUT2D eigenvalue weighted by Gasteiger charge is 2.25. The minimum atomic E-state index is 0.0263. The van der Waals surface area contributed by atoms with Crippen LogP contribution in [-0.4, -0.2) is 56.7 Å². The molecule has 7 nitrogen and oxygen atoms in total. The lowest BCUT2D eigenvalue weighted by atomic mass is 10.1. The van der Waals surface area contributed by atoms with Crippen molar-refractivity contribution < 1.29 is 4.79 Å². The topological polar surface area (TPSA) is 67.2 Å². The summed E-state index contributed by atoms with van der Waals surface area (Å²) in [4.78, 5) is 26.7. The van der Waals surface area contributed by atoms with Gasteiger partial charge >= 0.3 is 0 Å². The maximum absolute atomic E-state index is 12.5. The SMILES string of the molecule is CCC(C)c1nc(N2CCCN(C(=O)C(C)C)CC2)c2cnn(-c3ccccc3)c2n1. The van der Waals surface area contributed by atoms with Gasteiger partial charge in [-0.3, -0.25) is 4.79 Å². The van der Waals surface area contributed by atoms with E-state index in [-0.39, 0.29) is 17.7 Å². The fraction of sp³-hybridized carbons (Fsp3) is 0.500. The van der Waals surface area contributed by atoms with E-state index in [1.807, 2.05) is 60.0 Å². The van der Waals surface area contributed by atoms with Crippen LogP contribution in [-0.2, 0) is 4.79 Å². The zero-order chi connectivity index (χ0) is 22.0. The van der Waals surface area contributed by atoms with Crippen molar-refractivity contribution in [1.82, 2.24) is 24.6 Å². The van der Waals surface area contributed by atoms with Crippen LogP contribution in [0, 0.1) is 5.92 Å². The van der Waals surface area contributed by atoms with Crippen molar-refractivity contribution >= 4 is 22.8 Å². The molecule has 1 aliphatic rings. The van der Waals surface area contributed by atoms with Crippen LogP contribution < -0.4 is 4.90 Å². The van der Waals surface area contributed by atoms with Crippen LogP contribution in [0.4, 0.5) is 5.82 Å². The van der Waals surface area contributed by atoms with Gasteiger partial charge in [-0.1, -0.05) is 45.9 Å². The van der Waals surface area contributed by atoms with Crippen molar-refractivity contribution in [1.29, 1.82) is 0 Å². The Morgan fingerprint density at radius 2 is 1.81 bits per heavy atom. The van der Waals surface area contributed by atoms with Crippen LogP contribution in [0.3, 0.4) is 0 Å². The first-order valence-corrected chi connectivity index (χ1v) is 11.3. The third-order valence-corrected chi connectivity index (χ3v) is 6.08. The monoisotopic (exact) mass is 420 g/mol. The minimum Gasteiger partial charge on any atom is -0.354 e. The second-order valence-corrected chi connectivity index (χ2v) is 8.66. The van der Waals surface area contributed by atoms with Crippen molar-refractivity contribution in [2.24, 2.45) is 5.92 Å². The van der Waals surface area contributed by atoms with Crippen molar-refractivity contribution in [2.45, 2.75) is 46.5 Å². The van der Waals surface area contributed by atoms with E-state index >= 15 is 0 Å². The molecule has 1 atom stereocenters. The number of anilines is 1. The van der Waals surface area contributed by atoms with Gasteiger partial charge in [0.05, 0.1) is 17.3 Å². The Bertz CT molecular complexity index is 1040. The van der Waals surface area contributed by atoms with E-state index in [0.29, 0.717) is 6.54 Å². The average molecular weight is 421 g/mol. The Morgan fingerprint density at radius 3 is 2.52 bits per heavy atom. The molecule has 1 fully saturated rings. The summed E-state index contributed by atoms with van der Waals surface area (Å²) in [6, 6.07) is 10.1. The number of amides is 1. The lowest BCUT2D eigenvalue weighted by Crippen LogP contribution is -2.37. The molecule has 1 aliphatic heterocycles. The fourth-order valence-corrected chi connectivity index (χ4v) is 4.03. The molecule has 1 unspecified atom stereocenters. The molecule has 31 heavy (non-hydrogen) atoms. The highest BCUT2D eigenvalue weighted by atomic mass is 16.2. The van der Waals surface area contributed by atoms with Crippen LogP contribution in [0.5, 0.6) is 0 Å². The number of rotatable bonds is 5. The smallest absolute Gasteiger partial charge is 0.225 e. The third kappa shape index (κ3) is 4.27. The Hall–Kier alpha value is -2.96. The summed E-state index contributed by atoms with van der Waals surface area (Å²) in [5.41, 5.74) is 1.83. The summed E-state index contributed by atoms with van der Waals surface area (Å²) in [6.07, 6.45) is 3.77. The van der Waals surface area contributed by atoms with Gasteiger partial charge in [0.15, 0.2) is 5.65 Å². The number of hydrogen-bond acceptors (Lipinski definition) is 5. The van der Waals surface area contributed by atoms with E-state index in [0.717, 1.165) is 60.8 Å². The normalized spacial score (nSPS) is 16.0. The van der Waals surface area contributed by atoms with E-state index in [2.05, 4.69) is 23.8 Å². The third-order valence-electron chi connectivity index (χ3n) is 6.08. The Balaban J connectivity index is 1.75. The van der Waals surface area contributed by atoms with Gasteiger partial charge in [0.2, 0.25) is 5.91 Å². The van der Waals surface area contributed by atoms with Gasteiger partial charge in [-0.2, -0.15) is 5.10 Å². The van der Waals surface area contributed by atoms with Crippen LogP contribution in [0.15, 0.2) is 36.5 Å². The molecule has 3 heterocycles.